The standard InChI is InChI=1S/C16H26N2/c1-3-17-16(15-9-5-4-6-10-15)11-13-18-12-7-8-14(18)2/h4-6,9-10,14,16-17H,3,7-8,11-13H2,1-2H3. The van der Waals surface area contributed by atoms with Crippen molar-refractivity contribution in [3.8, 4) is 0 Å². The fourth-order valence-electron chi connectivity index (χ4n) is 2.94. The second-order valence-electron chi connectivity index (χ2n) is 5.34. The fraction of sp³-hybridized carbons (Fsp3) is 0.625. The highest BCUT2D eigenvalue weighted by atomic mass is 15.2. The van der Waals surface area contributed by atoms with Crippen molar-refractivity contribution < 1.29 is 0 Å². The van der Waals surface area contributed by atoms with Gasteiger partial charge in [0.25, 0.3) is 0 Å². The third-order valence-corrected chi connectivity index (χ3v) is 4.05. The summed E-state index contributed by atoms with van der Waals surface area (Å²) >= 11 is 0. The Morgan fingerprint density at radius 2 is 2.11 bits per heavy atom. The Morgan fingerprint density at radius 3 is 2.72 bits per heavy atom. The van der Waals surface area contributed by atoms with Gasteiger partial charge in [-0.1, -0.05) is 37.3 Å². The number of hydrogen-bond acceptors (Lipinski definition) is 2. The average Bonchev–Trinajstić information content (AvgIpc) is 2.81. The smallest absolute Gasteiger partial charge is 0.0332 e. The second kappa shape index (κ2) is 6.91. The largest absolute Gasteiger partial charge is 0.310 e. The van der Waals surface area contributed by atoms with Crippen LogP contribution in [0.15, 0.2) is 30.3 Å². The van der Waals surface area contributed by atoms with Gasteiger partial charge in [0.15, 0.2) is 0 Å². The molecule has 1 aromatic carbocycles. The molecule has 100 valence electrons. The van der Waals surface area contributed by atoms with Gasteiger partial charge in [0.1, 0.15) is 0 Å². The van der Waals surface area contributed by atoms with Crippen molar-refractivity contribution in [2.75, 3.05) is 19.6 Å². The maximum Gasteiger partial charge on any atom is 0.0332 e. The molecule has 0 spiro atoms. The van der Waals surface area contributed by atoms with Gasteiger partial charge in [-0.3, -0.25) is 0 Å². The number of benzene rings is 1. The highest BCUT2D eigenvalue weighted by Crippen LogP contribution is 2.21. The molecule has 2 unspecified atom stereocenters. The third kappa shape index (κ3) is 3.56. The van der Waals surface area contributed by atoms with E-state index in [0.717, 1.165) is 12.6 Å². The molecular weight excluding hydrogens is 220 g/mol. The molecule has 0 bridgehead atoms. The van der Waals surface area contributed by atoms with Crippen molar-refractivity contribution in [1.29, 1.82) is 0 Å². The van der Waals surface area contributed by atoms with Crippen LogP contribution in [0.3, 0.4) is 0 Å². The molecule has 2 atom stereocenters. The van der Waals surface area contributed by atoms with Crippen LogP contribution < -0.4 is 5.32 Å². The second-order valence-corrected chi connectivity index (χ2v) is 5.34. The molecule has 1 fully saturated rings. The Bertz CT molecular complexity index is 336. The van der Waals surface area contributed by atoms with E-state index < -0.39 is 0 Å². The molecule has 1 aliphatic rings. The molecular formula is C16H26N2. The lowest BCUT2D eigenvalue weighted by atomic mass is 10.0. The van der Waals surface area contributed by atoms with Gasteiger partial charge in [-0.15, -0.1) is 0 Å². The van der Waals surface area contributed by atoms with Crippen LogP contribution in [0.25, 0.3) is 0 Å². The van der Waals surface area contributed by atoms with Crippen LogP contribution >= 0.6 is 0 Å². The summed E-state index contributed by atoms with van der Waals surface area (Å²) < 4.78 is 0. The number of likely N-dealkylation sites (tertiary alicyclic amines) is 1. The summed E-state index contributed by atoms with van der Waals surface area (Å²) in [7, 11) is 0. The number of hydrogen-bond donors (Lipinski definition) is 1. The molecule has 1 saturated heterocycles. The monoisotopic (exact) mass is 246 g/mol. The Balaban J connectivity index is 1.90. The first kappa shape index (κ1) is 13.6. The van der Waals surface area contributed by atoms with E-state index in [4.69, 9.17) is 0 Å². The zero-order chi connectivity index (χ0) is 12.8. The van der Waals surface area contributed by atoms with Crippen molar-refractivity contribution >= 4 is 0 Å². The SMILES string of the molecule is CCNC(CCN1CCCC1C)c1ccccc1. The zero-order valence-electron chi connectivity index (χ0n) is 11.7. The first-order valence-corrected chi connectivity index (χ1v) is 7.33. The summed E-state index contributed by atoms with van der Waals surface area (Å²) in [6.07, 6.45) is 3.96. The number of rotatable bonds is 6. The van der Waals surface area contributed by atoms with Crippen LogP contribution in [-0.4, -0.2) is 30.6 Å². The van der Waals surface area contributed by atoms with E-state index in [1.165, 1.54) is 37.9 Å². The lowest BCUT2D eigenvalue weighted by Gasteiger charge is -2.25. The Kier molecular flexibility index (Phi) is 5.21. The molecule has 0 aliphatic carbocycles. The molecule has 2 heteroatoms. The van der Waals surface area contributed by atoms with Crippen LogP contribution in [0.5, 0.6) is 0 Å². The summed E-state index contributed by atoms with van der Waals surface area (Å²) in [6, 6.07) is 12.1. The first-order valence-electron chi connectivity index (χ1n) is 7.33. The summed E-state index contributed by atoms with van der Waals surface area (Å²) in [4.78, 5) is 2.63. The molecule has 0 saturated carbocycles. The van der Waals surface area contributed by atoms with E-state index in [1.807, 2.05) is 0 Å². The van der Waals surface area contributed by atoms with E-state index in [9.17, 15) is 0 Å². The first-order chi connectivity index (χ1) is 8.81. The molecule has 0 aromatic heterocycles. The number of nitrogens with one attached hydrogen (secondary N) is 1. The molecule has 1 aliphatic heterocycles. The quantitative estimate of drug-likeness (QED) is 0.829. The Hall–Kier alpha value is -0.860. The topological polar surface area (TPSA) is 15.3 Å². The minimum Gasteiger partial charge on any atom is -0.310 e. The maximum atomic E-state index is 3.61. The summed E-state index contributed by atoms with van der Waals surface area (Å²) in [5.41, 5.74) is 1.42. The normalized spacial score (nSPS) is 22.2. The third-order valence-electron chi connectivity index (χ3n) is 4.05. The highest BCUT2D eigenvalue weighted by Gasteiger charge is 2.21. The lowest BCUT2D eigenvalue weighted by Crippen LogP contribution is -2.31. The van der Waals surface area contributed by atoms with Crippen LogP contribution in [-0.2, 0) is 0 Å². The molecule has 1 N–H and O–H groups in total. The molecule has 1 heterocycles. The average molecular weight is 246 g/mol. The van der Waals surface area contributed by atoms with E-state index >= 15 is 0 Å². The van der Waals surface area contributed by atoms with Crippen LogP contribution in [0.1, 0.15) is 44.7 Å². The Morgan fingerprint density at radius 1 is 1.33 bits per heavy atom. The van der Waals surface area contributed by atoms with Crippen LogP contribution in [0.2, 0.25) is 0 Å². The van der Waals surface area contributed by atoms with Crippen molar-refractivity contribution in [2.45, 2.75) is 45.2 Å². The van der Waals surface area contributed by atoms with Crippen molar-refractivity contribution in [2.24, 2.45) is 0 Å². The van der Waals surface area contributed by atoms with E-state index in [2.05, 4.69) is 54.4 Å². The highest BCUT2D eigenvalue weighted by molar-refractivity contribution is 5.18. The molecule has 0 radical (unpaired) electrons. The minimum absolute atomic E-state index is 0.504. The summed E-state index contributed by atoms with van der Waals surface area (Å²) in [6.45, 7) is 8.09. The lowest BCUT2D eigenvalue weighted by molar-refractivity contribution is 0.252. The van der Waals surface area contributed by atoms with E-state index in [-0.39, 0.29) is 0 Å². The molecule has 18 heavy (non-hydrogen) atoms. The van der Waals surface area contributed by atoms with Gasteiger partial charge < -0.3 is 10.2 Å². The molecule has 2 rings (SSSR count). The van der Waals surface area contributed by atoms with Crippen molar-refractivity contribution in [1.82, 2.24) is 10.2 Å². The fourth-order valence-corrected chi connectivity index (χ4v) is 2.94. The summed E-state index contributed by atoms with van der Waals surface area (Å²) in [5.74, 6) is 0. The van der Waals surface area contributed by atoms with Gasteiger partial charge in [0, 0.05) is 18.6 Å². The predicted octanol–water partition coefficient (Wildman–Crippen LogP) is 3.21. The van der Waals surface area contributed by atoms with Gasteiger partial charge in [0.05, 0.1) is 0 Å². The Labute approximate surface area is 111 Å². The molecule has 0 amide bonds. The van der Waals surface area contributed by atoms with E-state index in [0.29, 0.717) is 6.04 Å². The summed E-state index contributed by atoms with van der Waals surface area (Å²) in [5, 5.41) is 3.61. The van der Waals surface area contributed by atoms with Gasteiger partial charge in [-0.25, -0.2) is 0 Å². The number of nitrogens with zero attached hydrogens (tertiary/aromatic N) is 1. The van der Waals surface area contributed by atoms with Crippen molar-refractivity contribution in [3.63, 3.8) is 0 Å². The maximum absolute atomic E-state index is 3.61. The van der Waals surface area contributed by atoms with Gasteiger partial charge in [-0.05, 0) is 44.8 Å². The van der Waals surface area contributed by atoms with Gasteiger partial charge in [0.2, 0.25) is 0 Å². The van der Waals surface area contributed by atoms with Crippen LogP contribution in [0, 0.1) is 0 Å². The zero-order valence-corrected chi connectivity index (χ0v) is 11.7. The predicted molar refractivity (Wildman–Crippen MR) is 77.7 cm³/mol. The van der Waals surface area contributed by atoms with Crippen molar-refractivity contribution in [3.05, 3.63) is 35.9 Å². The van der Waals surface area contributed by atoms with Gasteiger partial charge in [-0.2, -0.15) is 0 Å². The van der Waals surface area contributed by atoms with Crippen LogP contribution in [0.4, 0.5) is 0 Å². The minimum atomic E-state index is 0.504. The van der Waals surface area contributed by atoms with E-state index in [1.54, 1.807) is 0 Å². The van der Waals surface area contributed by atoms with Gasteiger partial charge >= 0.3 is 0 Å². The molecule has 2 nitrogen and oxygen atoms in total. The molecule has 1 aromatic rings.